The first kappa shape index (κ1) is 8.79. The number of allylic oxidation sites excluding steroid dienone is 1. The SMILES string of the molecule is C=CC1CC1CC(C)(C)NC. The Bertz CT molecular complexity index is 149. The van der Waals surface area contributed by atoms with Crippen molar-refractivity contribution in [2.24, 2.45) is 11.8 Å². The maximum atomic E-state index is 3.81. The van der Waals surface area contributed by atoms with Crippen molar-refractivity contribution in [2.75, 3.05) is 7.05 Å². The van der Waals surface area contributed by atoms with Crippen LogP contribution in [0.3, 0.4) is 0 Å². The first-order valence-corrected chi connectivity index (χ1v) is 4.40. The van der Waals surface area contributed by atoms with Crippen LogP contribution in [0.15, 0.2) is 12.7 Å². The topological polar surface area (TPSA) is 12.0 Å². The van der Waals surface area contributed by atoms with Crippen LogP contribution in [0.1, 0.15) is 26.7 Å². The normalized spacial score (nSPS) is 30.1. The third-order valence-electron chi connectivity index (χ3n) is 2.73. The zero-order valence-electron chi connectivity index (χ0n) is 7.85. The van der Waals surface area contributed by atoms with Crippen LogP contribution in [0.2, 0.25) is 0 Å². The van der Waals surface area contributed by atoms with Gasteiger partial charge in [-0.1, -0.05) is 6.08 Å². The van der Waals surface area contributed by atoms with Crippen LogP contribution in [0.5, 0.6) is 0 Å². The van der Waals surface area contributed by atoms with Gasteiger partial charge in [0.1, 0.15) is 0 Å². The quantitative estimate of drug-likeness (QED) is 0.610. The summed E-state index contributed by atoms with van der Waals surface area (Å²) < 4.78 is 0. The molecule has 1 fully saturated rings. The van der Waals surface area contributed by atoms with Crippen molar-refractivity contribution in [1.29, 1.82) is 0 Å². The van der Waals surface area contributed by atoms with E-state index in [-0.39, 0.29) is 0 Å². The van der Waals surface area contributed by atoms with Gasteiger partial charge in [-0.3, -0.25) is 0 Å². The highest BCUT2D eigenvalue weighted by Gasteiger charge is 2.37. The summed E-state index contributed by atoms with van der Waals surface area (Å²) in [6, 6.07) is 0. The average Bonchev–Trinajstić information content (AvgIpc) is 2.67. The first-order valence-electron chi connectivity index (χ1n) is 4.40. The molecule has 0 saturated heterocycles. The highest BCUT2D eigenvalue weighted by Crippen LogP contribution is 2.44. The second kappa shape index (κ2) is 2.98. The van der Waals surface area contributed by atoms with E-state index in [1.165, 1.54) is 12.8 Å². The van der Waals surface area contributed by atoms with Gasteiger partial charge in [0.15, 0.2) is 0 Å². The fourth-order valence-corrected chi connectivity index (χ4v) is 1.55. The van der Waals surface area contributed by atoms with Crippen molar-refractivity contribution >= 4 is 0 Å². The summed E-state index contributed by atoms with van der Waals surface area (Å²) in [4.78, 5) is 0. The molecule has 1 aliphatic carbocycles. The Morgan fingerprint density at radius 3 is 2.64 bits per heavy atom. The van der Waals surface area contributed by atoms with Crippen LogP contribution in [0.25, 0.3) is 0 Å². The van der Waals surface area contributed by atoms with Gasteiger partial charge in [0.25, 0.3) is 0 Å². The predicted molar refractivity (Wildman–Crippen MR) is 49.5 cm³/mol. The van der Waals surface area contributed by atoms with Crippen molar-refractivity contribution in [3.8, 4) is 0 Å². The van der Waals surface area contributed by atoms with Gasteiger partial charge in [-0.15, -0.1) is 6.58 Å². The van der Waals surface area contributed by atoms with Crippen LogP contribution >= 0.6 is 0 Å². The Balaban J connectivity index is 2.27. The molecule has 0 radical (unpaired) electrons. The van der Waals surface area contributed by atoms with Crippen molar-refractivity contribution in [2.45, 2.75) is 32.2 Å². The molecule has 1 aliphatic rings. The third-order valence-corrected chi connectivity index (χ3v) is 2.73. The second-order valence-electron chi connectivity index (χ2n) is 4.23. The maximum Gasteiger partial charge on any atom is 0.0125 e. The molecule has 0 spiro atoms. The zero-order chi connectivity index (χ0) is 8.48. The molecule has 1 rings (SSSR count). The smallest absolute Gasteiger partial charge is 0.0125 e. The van der Waals surface area contributed by atoms with Gasteiger partial charge >= 0.3 is 0 Å². The van der Waals surface area contributed by atoms with Gasteiger partial charge in [0.2, 0.25) is 0 Å². The number of hydrogen-bond acceptors (Lipinski definition) is 1. The molecule has 0 amide bonds. The molecule has 64 valence electrons. The lowest BCUT2D eigenvalue weighted by Crippen LogP contribution is -2.36. The molecule has 2 unspecified atom stereocenters. The number of nitrogens with one attached hydrogen (secondary N) is 1. The number of rotatable bonds is 4. The van der Waals surface area contributed by atoms with Crippen LogP contribution in [-0.4, -0.2) is 12.6 Å². The largest absolute Gasteiger partial charge is 0.315 e. The molecule has 1 saturated carbocycles. The summed E-state index contributed by atoms with van der Waals surface area (Å²) in [5.41, 5.74) is 0.308. The summed E-state index contributed by atoms with van der Waals surface area (Å²) in [6.45, 7) is 8.32. The van der Waals surface area contributed by atoms with Crippen molar-refractivity contribution in [3.63, 3.8) is 0 Å². The molecular formula is C10H19N. The van der Waals surface area contributed by atoms with Crippen LogP contribution in [-0.2, 0) is 0 Å². The number of hydrogen-bond donors (Lipinski definition) is 1. The minimum atomic E-state index is 0.308. The molecular weight excluding hydrogens is 134 g/mol. The van der Waals surface area contributed by atoms with E-state index in [0.29, 0.717) is 5.54 Å². The van der Waals surface area contributed by atoms with Crippen molar-refractivity contribution < 1.29 is 0 Å². The molecule has 0 aliphatic heterocycles. The lowest BCUT2D eigenvalue weighted by atomic mass is 9.97. The highest BCUT2D eigenvalue weighted by atomic mass is 14.9. The maximum absolute atomic E-state index is 3.81. The Morgan fingerprint density at radius 1 is 1.64 bits per heavy atom. The van der Waals surface area contributed by atoms with Crippen molar-refractivity contribution in [3.05, 3.63) is 12.7 Å². The Hall–Kier alpha value is -0.300. The van der Waals surface area contributed by atoms with E-state index in [4.69, 9.17) is 0 Å². The summed E-state index contributed by atoms with van der Waals surface area (Å²) in [7, 11) is 2.03. The molecule has 0 heterocycles. The molecule has 1 heteroatoms. The molecule has 0 aromatic carbocycles. The fraction of sp³-hybridized carbons (Fsp3) is 0.800. The third kappa shape index (κ3) is 2.33. The lowest BCUT2D eigenvalue weighted by Gasteiger charge is -2.23. The van der Waals surface area contributed by atoms with Crippen LogP contribution in [0.4, 0.5) is 0 Å². The Labute approximate surface area is 69.9 Å². The van der Waals surface area contributed by atoms with Crippen molar-refractivity contribution in [1.82, 2.24) is 5.32 Å². The first-order chi connectivity index (χ1) is 5.09. The zero-order valence-corrected chi connectivity index (χ0v) is 7.85. The predicted octanol–water partition coefficient (Wildman–Crippen LogP) is 2.20. The van der Waals surface area contributed by atoms with Gasteiger partial charge in [0.05, 0.1) is 0 Å². The monoisotopic (exact) mass is 153 g/mol. The van der Waals surface area contributed by atoms with E-state index in [1.807, 2.05) is 7.05 Å². The Morgan fingerprint density at radius 2 is 2.27 bits per heavy atom. The van der Waals surface area contributed by atoms with E-state index in [0.717, 1.165) is 11.8 Å². The minimum absolute atomic E-state index is 0.308. The summed E-state index contributed by atoms with van der Waals surface area (Å²) in [6.07, 6.45) is 4.73. The van der Waals surface area contributed by atoms with E-state index in [2.05, 4.69) is 31.8 Å². The summed E-state index contributed by atoms with van der Waals surface area (Å²) >= 11 is 0. The van der Waals surface area contributed by atoms with E-state index >= 15 is 0 Å². The minimum Gasteiger partial charge on any atom is -0.315 e. The standard InChI is InChI=1S/C10H19N/c1-5-8-6-9(8)7-10(2,3)11-4/h5,8-9,11H,1,6-7H2,2-4H3. The summed E-state index contributed by atoms with van der Waals surface area (Å²) in [5.74, 6) is 1.71. The van der Waals surface area contributed by atoms with E-state index in [9.17, 15) is 0 Å². The second-order valence-corrected chi connectivity index (χ2v) is 4.23. The highest BCUT2D eigenvalue weighted by molar-refractivity contribution is 5.00. The van der Waals surface area contributed by atoms with Crippen LogP contribution < -0.4 is 5.32 Å². The molecule has 2 atom stereocenters. The lowest BCUT2D eigenvalue weighted by molar-refractivity contribution is 0.367. The molecule has 11 heavy (non-hydrogen) atoms. The van der Waals surface area contributed by atoms with Gasteiger partial charge in [-0.2, -0.15) is 0 Å². The van der Waals surface area contributed by atoms with Gasteiger partial charge < -0.3 is 5.32 Å². The fourth-order valence-electron chi connectivity index (χ4n) is 1.55. The van der Waals surface area contributed by atoms with E-state index in [1.54, 1.807) is 0 Å². The van der Waals surface area contributed by atoms with Gasteiger partial charge in [-0.25, -0.2) is 0 Å². The molecule has 0 aromatic heterocycles. The molecule has 1 N–H and O–H groups in total. The van der Waals surface area contributed by atoms with E-state index < -0.39 is 0 Å². The molecule has 0 aromatic rings. The van der Waals surface area contributed by atoms with Gasteiger partial charge in [-0.05, 0) is 45.6 Å². The molecule has 0 bridgehead atoms. The Kier molecular flexibility index (Phi) is 2.38. The molecule has 1 nitrogen and oxygen atoms in total. The summed E-state index contributed by atoms with van der Waals surface area (Å²) in [5, 5.41) is 3.32. The average molecular weight is 153 g/mol. The van der Waals surface area contributed by atoms with Crippen LogP contribution in [0, 0.1) is 11.8 Å². The van der Waals surface area contributed by atoms with Gasteiger partial charge in [0, 0.05) is 5.54 Å².